The average Bonchev–Trinajstić information content (AvgIpc) is 2.14. The lowest BCUT2D eigenvalue weighted by Crippen LogP contribution is -2.19. The van der Waals surface area contributed by atoms with Crippen molar-refractivity contribution in [3.8, 4) is 5.75 Å². The molecule has 0 spiro atoms. The molecule has 92 valence electrons. The number of hydrogen-bond acceptors (Lipinski definition) is 5. The number of aldehydes is 1. The maximum absolute atomic E-state index is 11.9. The van der Waals surface area contributed by atoms with Gasteiger partial charge in [0.2, 0.25) is 0 Å². The number of hydrogen-bond donors (Lipinski definition) is 0. The summed E-state index contributed by atoms with van der Waals surface area (Å²) in [6.45, 7) is 1.18. The Balaban J connectivity index is 3.28. The third-order valence-electron chi connectivity index (χ3n) is 1.69. The number of nitrogens with zero attached hydrogens (tertiary/aromatic N) is 2. The van der Waals surface area contributed by atoms with Crippen LogP contribution in [0.3, 0.4) is 0 Å². The number of carbonyl (C=O) groups is 1. The molecule has 0 amide bonds. The minimum absolute atomic E-state index is 0.0481. The molecule has 0 saturated heterocycles. The molecule has 6 nitrogen and oxygen atoms in total. The Morgan fingerprint density at radius 1 is 1.53 bits per heavy atom. The third kappa shape index (κ3) is 3.13. The van der Waals surface area contributed by atoms with Crippen molar-refractivity contribution in [3.05, 3.63) is 27.4 Å². The summed E-state index contributed by atoms with van der Waals surface area (Å²) in [6, 6.07) is 0.738. The van der Waals surface area contributed by atoms with Crippen LogP contribution in [0.25, 0.3) is 0 Å². The smallest absolute Gasteiger partial charge is 0.401 e. The molecular weight excluding hydrogens is 245 g/mol. The van der Waals surface area contributed by atoms with Crippen LogP contribution >= 0.6 is 0 Å². The van der Waals surface area contributed by atoms with Crippen LogP contribution < -0.4 is 4.74 Å². The van der Waals surface area contributed by atoms with Crippen LogP contribution in [0.2, 0.25) is 0 Å². The van der Waals surface area contributed by atoms with E-state index in [1.54, 1.807) is 0 Å². The Morgan fingerprint density at radius 2 is 2.12 bits per heavy atom. The van der Waals surface area contributed by atoms with E-state index in [9.17, 15) is 28.1 Å². The third-order valence-corrected chi connectivity index (χ3v) is 1.69. The number of alkyl halides is 3. The molecular formula is C8H5F3N2O4. The van der Waals surface area contributed by atoms with Gasteiger partial charge in [-0.3, -0.25) is 4.79 Å². The summed E-state index contributed by atoms with van der Waals surface area (Å²) in [4.78, 5) is 23.2. The SMILES string of the molecule is Cc1cc(OC(F)(F)F)c(C=O)nc1[N+](=O)[O-]. The van der Waals surface area contributed by atoms with Crippen LogP contribution in [0, 0.1) is 17.0 Å². The van der Waals surface area contributed by atoms with Gasteiger partial charge in [-0.15, -0.1) is 13.2 Å². The largest absolute Gasteiger partial charge is 0.573 e. The highest BCUT2D eigenvalue weighted by Crippen LogP contribution is 2.28. The van der Waals surface area contributed by atoms with Gasteiger partial charge in [0.15, 0.2) is 12.0 Å². The second-order valence-corrected chi connectivity index (χ2v) is 2.94. The number of aromatic nitrogens is 1. The topological polar surface area (TPSA) is 82.3 Å². The van der Waals surface area contributed by atoms with Crippen molar-refractivity contribution in [2.24, 2.45) is 0 Å². The van der Waals surface area contributed by atoms with Crippen molar-refractivity contribution in [2.75, 3.05) is 0 Å². The molecule has 0 radical (unpaired) electrons. The first-order valence-corrected chi connectivity index (χ1v) is 4.11. The normalized spacial score (nSPS) is 11.1. The fourth-order valence-corrected chi connectivity index (χ4v) is 1.07. The number of aryl methyl sites for hydroxylation is 1. The second kappa shape index (κ2) is 4.36. The van der Waals surface area contributed by atoms with Gasteiger partial charge in [-0.2, -0.15) is 0 Å². The van der Waals surface area contributed by atoms with E-state index in [1.807, 2.05) is 0 Å². The fraction of sp³-hybridized carbons (Fsp3) is 0.250. The zero-order valence-electron chi connectivity index (χ0n) is 8.32. The summed E-state index contributed by atoms with van der Waals surface area (Å²) >= 11 is 0. The molecule has 0 aromatic carbocycles. The highest BCUT2D eigenvalue weighted by atomic mass is 19.4. The van der Waals surface area contributed by atoms with E-state index < -0.39 is 28.5 Å². The summed E-state index contributed by atoms with van der Waals surface area (Å²) < 4.78 is 39.4. The van der Waals surface area contributed by atoms with Crippen molar-refractivity contribution in [2.45, 2.75) is 13.3 Å². The van der Waals surface area contributed by atoms with Gasteiger partial charge >= 0.3 is 12.2 Å². The first-order valence-electron chi connectivity index (χ1n) is 4.11. The van der Waals surface area contributed by atoms with Crippen LogP contribution in [0.5, 0.6) is 5.75 Å². The van der Waals surface area contributed by atoms with Crippen molar-refractivity contribution >= 4 is 12.1 Å². The fourth-order valence-electron chi connectivity index (χ4n) is 1.07. The van der Waals surface area contributed by atoms with Gasteiger partial charge in [-0.25, -0.2) is 0 Å². The number of rotatable bonds is 3. The Labute approximate surface area is 92.2 Å². The van der Waals surface area contributed by atoms with E-state index in [-0.39, 0.29) is 11.8 Å². The van der Waals surface area contributed by atoms with Crippen molar-refractivity contribution in [3.63, 3.8) is 0 Å². The molecule has 1 rings (SSSR count). The Bertz CT molecular complexity index is 473. The molecule has 17 heavy (non-hydrogen) atoms. The van der Waals surface area contributed by atoms with Crippen LogP contribution in [0.15, 0.2) is 6.07 Å². The van der Waals surface area contributed by atoms with Crippen LogP contribution in [0.1, 0.15) is 16.1 Å². The monoisotopic (exact) mass is 250 g/mol. The first kappa shape index (κ1) is 12.9. The number of pyridine rings is 1. The van der Waals surface area contributed by atoms with Crippen LogP contribution in [-0.4, -0.2) is 22.6 Å². The number of halogens is 3. The number of ether oxygens (including phenoxy) is 1. The molecule has 0 unspecified atom stereocenters. The van der Waals surface area contributed by atoms with Crippen LogP contribution in [-0.2, 0) is 0 Å². The summed E-state index contributed by atoms with van der Waals surface area (Å²) in [6.07, 6.45) is -5.05. The van der Waals surface area contributed by atoms with E-state index in [4.69, 9.17) is 0 Å². The number of carbonyl (C=O) groups excluding carboxylic acids is 1. The van der Waals surface area contributed by atoms with Gasteiger partial charge in [-0.05, 0) is 22.9 Å². The van der Waals surface area contributed by atoms with E-state index in [0.29, 0.717) is 0 Å². The molecule has 0 bridgehead atoms. The summed E-state index contributed by atoms with van der Waals surface area (Å²) in [5, 5.41) is 10.5. The van der Waals surface area contributed by atoms with Crippen LogP contribution in [0.4, 0.5) is 19.0 Å². The van der Waals surface area contributed by atoms with E-state index in [1.165, 1.54) is 6.92 Å². The van der Waals surface area contributed by atoms with E-state index in [2.05, 4.69) is 9.72 Å². The lowest BCUT2D eigenvalue weighted by molar-refractivity contribution is -0.390. The summed E-state index contributed by atoms with van der Waals surface area (Å²) in [7, 11) is 0. The zero-order chi connectivity index (χ0) is 13.2. The quantitative estimate of drug-likeness (QED) is 0.465. The maximum Gasteiger partial charge on any atom is 0.573 e. The summed E-state index contributed by atoms with van der Waals surface area (Å²) in [5.41, 5.74) is -0.917. The molecule has 1 aromatic heterocycles. The van der Waals surface area contributed by atoms with Crippen molar-refractivity contribution in [1.82, 2.24) is 4.98 Å². The highest BCUT2D eigenvalue weighted by Gasteiger charge is 2.34. The lowest BCUT2D eigenvalue weighted by atomic mass is 10.2. The maximum atomic E-state index is 11.9. The van der Waals surface area contributed by atoms with Crippen molar-refractivity contribution < 1.29 is 27.6 Å². The predicted molar refractivity (Wildman–Crippen MR) is 47.7 cm³/mol. The number of nitro groups is 1. The van der Waals surface area contributed by atoms with Crippen molar-refractivity contribution in [1.29, 1.82) is 0 Å². The minimum Gasteiger partial charge on any atom is -0.401 e. The van der Waals surface area contributed by atoms with E-state index in [0.717, 1.165) is 6.07 Å². The molecule has 0 fully saturated rings. The minimum atomic E-state index is -5.00. The Morgan fingerprint density at radius 3 is 2.53 bits per heavy atom. The molecule has 0 aliphatic rings. The Kier molecular flexibility index (Phi) is 3.30. The molecule has 1 heterocycles. The molecule has 1 aromatic rings. The second-order valence-electron chi connectivity index (χ2n) is 2.94. The predicted octanol–water partition coefficient (Wildman–Crippen LogP) is 2.01. The Hall–Kier alpha value is -2.19. The lowest BCUT2D eigenvalue weighted by Gasteiger charge is -2.09. The molecule has 0 atom stereocenters. The van der Waals surface area contributed by atoms with Gasteiger partial charge in [0.1, 0.15) is 0 Å². The molecule has 0 saturated carbocycles. The van der Waals surface area contributed by atoms with Gasteiger partial charge in [0.25, 0.3) is 5.69 Å². The van der Waals surface area contributed by atoms with E-state index >= 15 is 0 Å². The molecule has 0 aliphatic carbocycles. The molecule has 0 aliphatic heterocycles. The highest BCUT2D eigenvalue weighted by molar-refractivity contribution is 5.77. The molecule has 0 N–H and O–H groups in total. The first-order chi connectivity index (χ1) is 7.74. The van der Waals surface area contributed by atoms with Gasteiger partial charge in [-0.1, -0.05) is 0 Å². The van der Waals surface area contributed by atoms with Gasteiger partial charge < -0.3 is 14.9 Å². The average molecular weight is 250 g/mol. The molecule has 9 heteroatoms. The van der Waals surface area contributed by atoms with Gasteiger partial charge in [0, 0.05) is 0 Å². The standard InChI is InChI=1S/C8H5F3N2O4/c1-4-2-6(17-8(9,10)11)5(3-14)12-7(4)13(15)16/h2-3H,1H3. The summed E-state index contributed by atoms with van der Waals surface area (Å²) in [5.74, 6) is -1.56. The zero-order valence-corrected chi connectivity index (χ0v) is 8.32. The van der Waals surface area contributed by atoms with Gasteiger partial charge in [0.05, 0.1) is 5.56 Å².